The molecule has 0 aromatic rings. The lowest BCUT2D eigenvalue weighted by Crippen LogP contribution is -2.33. The Kier molecular flexibility index (Phi) is 7.49. The summed E-state index contributed by atoms with van der Waals surface area (Å²) in [4.78, 5) is 12.1. The number of rotatable bonds is 7. The molecule has 102 valence electrons. The second-order valence-corrected chi connectivity index (χ2v) is 5.95. The number of carbonyl (C=O) groups is 1. The minimum atomic E-state index is 0.00252. The van der Waals surface area contributed by atoms with E-state index in [-0.39, 0.29) is 23.4 Å². The molecular weight excluding hydrogens is 212 g/mol. The van der Waals surface area contributed by atoms with E-state index in [1.54, 1.807) is 0 Å². The van der Waals surface area contributed by atoms with Crippen molar-refractivity contribution in [1.29, 1.82) is 0 Å². The molecule has 0 aliphatic carbocycles. The Morgan fingerprint density at radius 3 is 2.06 bits per heavy atom. The second-order valence-electron chi connectivity index (χ2n) is 5.95. The van der Waals surface area contributed by atoms with Gasteiger partial charge in [-0.3, -0.25) is 4.79 Å². The zero-order valence-electron chi connectivity index (χ0n) is 12.5. The van der Waals surface area contributed by atoms with Gasteiger partial charge in [-0.2, -0.15) is 0 Å². The highest BCUT2D eigenvalue weighted by Crippen LogP contribution is 2.26. The largest absolute Gasteiger partial charge is 0.462 e. The van der Waals surface area contributed by atoms with E-state index in [0.717, 1.165) is 32.1 Å². The summed E-state index contributed by atoms with van der Waals surface area (Å²) in [6.07, 6.45) is 5.02. The van der Waals surface area contributed by atoms with Gasteiger partial charge in [-0.05, 0) is 24.7 Å². The molecule has 0 aliphatic rings. The van der Waals surface area contributed by atoms with Gasteiger partial charge in [-0.1, -0.05) is 54.4 Å². The van der Waals surface area contributed by atoms with E-state index >= 15 is 0 Å². The third kappa shape index (κ3) is 6.09. The number of esters is 1. The fourth-order valence-electron chi connectivity index (χ4n) is 2.05. The third-order valence-electron chi connectivity index (χ3n) is 3.33. The quantitative estimate of drug-likeness (QED) is 0.611. The fraction of sp³-hybridized carbons (Fsp3) is 0.933. The monoisotopic (exact) mass is 242 g/mol. The molecule has 0 saturated heterocycles. The molecule has 2 unspecified atom stereocenters. The van der Waals surface area contributed by atoms with Gasteiger partial charge in [0.15, 0.2) is 0 Å². The molecule has 0 spiro atoms. The summed E-state index contributed by atoms with van der Waals surface area (Å²) in [5.41, 5.74) is 0.0352. The van der Waals surface area contributed by atoms with Crippen LogP contribution in [0.4, 0.5) is 0 Å². The lowest BCUT2D eigenvalue weighted by molar-refractivity contribution is -0.160. The Labute approximate surface area is 107 Å². The Morgan fingerprint density at radius 2 is 1.71 bits per heavy atom. The molecular formula is C15H30O2. The minimum Gasteiger partial charge on any atom is -0.462 e. The first-order chi connectivity index (χ1) is 7.86. The van der Waals surface area contributed by atoms with Gasteiger partial charge in [0.2, 0.25) is 0 Å². The molecule has 0 radical (unpaired) electrons. The Hall–Kier alpha value is -0.530. The molecule has 0 bridgehead atoms. The molecule has 2 nitrogen and oxygen atoms in total. The molecule has 0 N–H and O–H groups in total. The van der Waals surface area contributed by atoms with Crippen molar-refractivity contribution in [1.82, 2.24) is 0 Å². The van der Waals surface area contributed by atoms with Crippen LogP contribution in [0.5, 0.6) is 0 Å². The highest BCUT2D eigenvalue weighted by atomic mass is 16.5. The molecule has 0 aromatic carbocycles. The van der Waals surface area contributed by atoms with E-state index in [9.17, 15) is 4.79 Å². The fourth-order valence-corrected chi connectivity index (χ4v) is 2.05. The van der Waals surface area contributed by atoms with E-state index in [1.165, 1.54) is 0 Å². The summed E-state index contributed by atoms with van der Waals surface area (Å²) in [6.45, 7) is 12.7. The van der Waals surface area contributed by atoms with Gasteiger partial charge in [-0.25, -0.2) is 0 Å². The van der Waals surface area contributed by atoms with Crippen LogP contribution in [0.2, 0.25) is 0 Å². The van der Waals surface area contributed by atoms with Crippen LogP contribution in [0.15, 0.2) is 0 Å². The molecule has 0 heterocycles. The first-order valence-electron chi connectivity index (χ1n) is 7.07. The average molecular weight is 242 g/mol. The summed E-state index contributed by atoms with van der Waals surface area (Å²) in [6, 6.07) is 0. The normalized spacial score (nSPS) is 15.4. The van der Waals surface area contributed by atoms with Crippen LogP contribution in [0.25, 0.3) is 0 Å². The van der Waals surface area contributed by atoms with Crippen molar-refractivity contribution in [3.05, 3.63) is 0 Å². The Balaban J connectivity index is 4.37. The molecule has 0 saturated carbocycles. The van der Waals surface area contributed by atoms with Crippen molar-refractivity contribution in [3.8, 4) is 0 Å². The van der Waals surface area contributed by atoms with Gasteiger partial charge in [0.1, 0.15) is 6.10 Å². The Bertz CT molecular complexity index is 215. The lowest BCUT2D eigenvalue weighted by Gasteiger charge is -2.30. The maximum absolute atomic E-state index is 12.1. The number of carbonyl (C=O) groups excluding carboxylic acids is 1. The van der Waals surface area contributed by atoms with E-state index in [0.29, 0.717) is 0 Å². The highest BCUT2D eigenvalue weighted by Gasteiger charge is 2.28. The number of ether oxygens (including phenoxy) is 1. The molecule has 2 heteroatoms. The van der Waals surface area contributed by atoms with Crippen LogP contribution in [-0.4, -0.2) is 12.1 Å². The van der Waals surface area contributed by atoms with Gasteiger partial charge in [-0.15, -0.1) is 0 Å². The number of unbranched alkanes of at least 4 members (excludes halogenated alkanes) is 1. The van der Waals surface area contributed by atoms with Crippen molar-refractivity contribution >= 4 is 5.97 Å². The highest BCUT2D eigenvalue weighted by molar-refractivity contribution is 5.72. The summed E-state index contributed by atoms with van der Waals surface area (Å²) in [5, 5.41) is 0. The summed E-state index contributed by atoms with van der Waals surface area (Å²) in [7, 11) is 0. The van der Waals surface area contributed by atoms with Gasteiger partial charge in [0, 0.05) is 0 Å². The SMILES string of the molecule is CCCCC(CC)C(=O)OC(CC)C(C)(C)C. The average Bonchev–Trinajstić information content (AvgIpc) is 2.25. The van der Waals surface area contributed by atoms with E-state index in [1.807, 2.05) is 0 Å². The molecule has 0 aromatic heterocycles. The van der Waals surface area contributed by atoms with Crippen molar-refractivity contribution in [2.24, 2.45) is 11.3 Å². The van der Waals surface area contributed by atoms with Crippen molar-refractivity contribution in [2.75, 3.05) is 0 Å². The first-order valence-corrected chi connectivity index (χ1v) is 7.07. The predicted octanol–water partition coefficient (Wildman–Crippen LogP) is 4.57. The van der Waals surface area contributed by atoms with Crippen LogP contribution in [0, 0.1) is 11.3 Å². The van der Waals surface area contributed by atoms with Crippen molar-refractivity contribution in [3.63, 3.8) is 0 Å². The summed E-state index contributed by atoms with van der Waals surface area (Å²) >= 11 is 0. The van der Waals surface area contributed by atoms with Crippen LogP contribution in [0.3, 0.4) is 0 Å². The van der Waals surface area contributed by atoms with E-state index in [4.69, 9.17) is 4.74 Å². The maximum Gasteiger partial charge on any atom is 0.309 e. The molecule has 0 rings (SSSR count). The first kappa shape index (κ1) is 16.5. The van der Waals surface area contributed by atoms with Gasteiger partial charge in [0.25, 0.3) is 0 Å². The molecule has 17 heavy (non-hydrogen) atoms. The van der Waals surface area contributed by atoms with E-state index < -0.39 is 0 Å². The summed E-state index contributed by atoms with van der Waals surface area (Å²) in [5.74, 6) is 0.0917. The topological polar surface area (TPSA) is 26.3 Å². The van der Waals surface area contributed by atoms with Gasteiger partial charge < -0.3 is 4.74 Å². The maximum atomic E-state index is 12.1. The van der Waals surface area contributed by atoms with E-state index in [2.05, 4.69) is 41.5 Å². The van der Waals surface area contributed by atoms with Crippen molar-refractivity contribution in [2.45, 2.75) is 79.8 Å². The molecule has 0 aliphatic heterocycles. The number of hydrogen-bond donors (Lipinski definition) is 0. The van der Waals surface area contributed by atoms with Gasteiger partial charge in [0.05, 0.1) is 5.92 Å². The zero-order chi connectivity index (χ0) is 13.5. The Morgan fingerprint density at radius 1 is 1.12 bits per heavy atom. The van der Waals surface area contributed by atoms with Crippen LogP contribution in [0.1, 0.15) is 73.6 Å². The summed E-state index contributed by atoms with van der Waals surface area (Å²) < 4.78 is 5.68. The van der Waals surface area contributed by atoms with Crippen LogP contribution in [-0.2, 0) is 9.53 Å². The molecule has 2 atom stereocenters. The molecule has 0 amide bonds. The van der Waals surface area contributed by atoms with Crippen LogP contribution >= 0.6 is 0 Å². The second kappa shape index (κ2) is 7.73. The lowest BCUT2D eigenvalue weighted by atomic mass is 9.87. The zero-order valence-corrected chi connectivity index (χ0v) is 12.5. The van der Waals surface area contributed by atoms with Crippen molar-refractivity contribution < 1.29 is 9.53 Å². The predicted molar refractivity (Wildman–Crippen MR) is 72.9 cm³/mol. The van der Waals surface area contributed by atoms with Gasteiger partial charge >= 0.3 is 5.97 Å². The smallest absolute Gasteiger partial charge is 0.309 e. The number of hydrogen-bond acceptors (Lipinski definition) is 2. The minimum absolute atomic E-state index is 0.00252. The molecule has 0 fully saturated rings. The van der Waals surface area contributed by atoms with Crippen LogP contribution < -0.4 is 0 Å². The standard InChI is InChI=1S/C15H30O2/c1-7-10-11-12(8-2)14(16)17-13(9-3)15(4,5)6/h12-13H,7-11H2,1-6H3. The third-order valence-corrected chi connectivity index (χ3v) is 3.33.